The molecule has 1 aliphatic carbocycles. The molecule has 3 aromatic rings. The molecule has 0 amide bonds. The molecule has 1 heterocycles. The Morgan fingerprint density at radius 2 is 1.28 bits per heavy atom. The van der Waals surface area contributed by atoms with Crippen molar-refractivity contribution in [1.82, 2.24) is 0 Å². The van der Waals surface area contributed by atoms with E-state index in [1.165, 1.54) is 36.1 Å². The number of nitrogens with zero attached hydrogens (tertiary/aromatic N) is 1. The lowest BCUT2D eigenvalue weighted by atomic mass is 9.86. The third kappa shape index (κ3) is 2.25. The summed E-state index contributed by atoms with van der Waals surface area (Å²) in [5, 5.41) is 0. The van der Waals surface area contributed by atoms with Gasteiger partial charge in [-0.2, -0.15) is 0 Å². The molecule has 2 aliphatic rings. The third-order valence-corrected chi connectivity index (χ3v) is 5.42. The van der Waals surface area contributed by atoms with E-state index in [1.54, 1.807) is 5.56 Å². The van der Waals surface area contributed by atoms with Crippen molar-refractivity contribution < 1.29 is 4.74 Å². The number of anilines is 3. The van der Waals surface area contributed by atoms with E-state index < -0.39 is 0 Å². The van der Waals surface area contributed by atoms with Gasteiger partial charge in [-0.05, 0) is 79.6 Å². The molecule has 0 atom stereocenters. The monoisotopic (exact) mass is 327 g/mol. The first-order valence-electron chi connectivity index (χ1n) is 9.10. The van der Waals surface area contributed by atoms with E-state index in [-0.39, 0.29) is 0 Å². The van der Waals surface area contributed by atoms with Gasteiger partial charge in [0.2, 0.25) is 0 Å². The van der Waals surface area contributed by atoms with Crippen LogP contribution in [0.4, 0.5) is 17.1 Å². The molecule has 25 heavy (non-hydrogen) atoms. The van der Waals surface area contributed by atoms with Crippen molar-refractivity contribution in [3.63, 3.8) is 0 Å². The van der Waals surface area contributed by atoms with Gasteiger partial charge in [0.15, 0.2) is 11.5 Å². The van der Waals surface area contributed by atoms with Gasteiger partial charge in [0, 0.05) is 5.69 Å². The molecule has 124 valence electrons. The molecule has 0 saturated heterocycles. The standard InChI is InChI=1S/C23H21NO/c1-16-14-15-19(18-9-3-2-8-17(16)18)24-20-10-4-6-12-22(20)25-23-13-7-5-11-21(23)24/h4-7,10-15H,2-3,8-9H2,1H3. The van der Waals surface area contributed by atoms with Gasteiger partial charge in [0.1, 0.15) is 0 Å². The summed E-state index contributed by atoms with van der Waals surface area (Å²) in [6.45, 7) is 2.25. The van der Waals surface area contributed by atoms with Crippen LogP contribution in [-0.4, -0.2) is 0 Å². The summed E-state index contributed by atoms with van der Waals surface area (Å²) in [5.41, 5.74) is 8.04. The molecule has 0 spiro atoms. The van der Waals surface area contributed by atoms with Crippen molar-refractivity contribution in [3.8, 4) is 11.5 Å². The average molecular weight is 327 g/mol. The number of hydrogen-bond donors (Lipinski definition) is 0. The molecule has 2 nitrogen and oxygen atoms in total. The van der Waals surface area contributed by atoms with E-state index in [1.807, 2.05) is 12.1 Å². The van der Waals surface area contributed by atoms with E-state index in [0.29, 0.717) is 0 Å². The molecule has 0 bridgehead atoms. The molecule has 5 rings (SSSR count). The van der Waals surface area contributed by atoms with E-state index in [9.17, 15) is 0 Å². The van der Waals surface area contributed by atoms with E-state index >= 15 is 0 Å². The van der Waals surface area contributed by atoms with Crippen LogP contribution in [0.5, 0.6) is 11.5 Å². The Morgan fingerprint density at radius 1 is 0.680 bits per heavy atom. The lowest BCUT2D eigenvalue weighted by molar-refractivity contribution is 0.477. The fourth-order valence-electron chi connectivity index (χ4n) is 4.20. The number of para-hydroxylation sites is 4. The van der Waals surface area contributed by atoms with Crippen LogP contribution in [0, 0.1) is 6.92 Å². The first kappa shape index (κ1) is 14.6. The van der Waals surface area contributed by atoms with Crippen LogP contribution in [0.2, 0.25) is 0 Å². The Bertz CT molecular complexity index is 915. The van der Waals surface area contributed by atoms with Crippen molar-refractivity contribution in [2.75, 3.05) is 4.90 Å². The SMILES string of the molecule is Cc1ccc(N2c3ccccc3Oc3ccccc32)c2c1CCCC2. The van der Waals surface area contributed by atoms with Crippen molar-refractivity contribution in [1.29, 1.82) is 0 Å². The second-order valence-electron chi connectivity index (χ2n) is 6.94. The minimum atomic E-state index is 0.923. The van der Waals surface area contributed by atoms with E-state index in [0.717, 1.165) is 29.3 Å². The maximum atomic E-state index is 6.16. The maximum Gasteiger partial charge on any atom is 0.151 e. The van der Waals surface area contributed by atoms with Gasteiger partial charge in [-0.1, -0.05) is 30.3 Å². The molecule has 0 N–H and O–H groups in total. The Morgan fingerprint density at radius 3 is 1.96 bits per heavy atom. The molecule has 2 heteroatoms. The van der Waals surface area contributed by atoms with Crippen LogP contribution in [0.25, 0.3) is 0 Å². The molecular weight excluding hydrogens is 306 g/mol. The first-order chi connectivity index (χ1) is 12.3. The highest BCUT2D eigenvalue weighted by Gasteiger charge is 2.28. The van der Waals surface area contributed by atoms with Crippen molar-refractivity contribution in [2.45, 2.75) is 32.6 Å². The lowest BCUT2D eigenvalue weighted by Crippen LogP contribution is -2.19. The first-order valence-corrected chi connectivity index (χ1v) is 9.10. The summed E-state index contributed by atoms with van der Waals surface area (Å²) >= 11 is 0. The zero-order valence-corrected chi connectivity index (χ0v) is 14.5. The largest absolute Gasteiger partial charge is 0.453 e. The van der Waals surface area contributed by atoms with Gasteiger partial charge in [-0.25, -0.2) is 0 Å². The minimum absolute atomic E-state index is 0.923. The van der Waals surface area contributed by atoms with Crippen LogP contribution >= 0.6 is 0 Å². The minimum Gasteiger partial charge on any atom is -0.453 e. The van der Waals surface area contributed by atoms with Gasteiger partial charge < -0.3 is 9.64 Å². The summed E-state index contributed by atoms with van der Waals surface area (Å²) in [6.07, 6.45) is 4.93. The molecule has 0 radical (unpaired) electrons. The summed E-state index contributed by atoms with van der Waals surface area (Å²) in [4.78, 5) is 2.39. The molecule has 1 aliphatic heterocycles. The Labute approximate surface area is 148 Å². The quantitative estimate of drug-likeness (QED) is 0.398. The number of ether oxygens (including phenoxy) is 1. The Balaban J connectivity index is 1.78. The summed E-state index contributed by atoms with van der Waals surface area (Å²) in [5.74, 6) is 1.85. The van der Waals surface area contributed by atoms with Gasteiger partial charge in [-0.3, -0.25) is 0 Å². The van der Waals surface area contributed by atoms with Crippen molar-refractivity contribution >= 4 is 17.1 Å². The highest BCUT2D eigenvalue weighted by atomic mass is 16.5. The normalized spacial score (nSPS) is 15.0. The smallest absolute Gasteiger partial charge is 0.151 e. The van der Waals surface area contributed by atoms with Gasteiger partial charge in [0.05, 0.1) is 11.4 Å². The fraction of sp³-hybridized carbons (Fsp3) is 0.217. The molecule has 0 aromatic heterocycles. The van der Waals surface area contributed by atoms with Crippen LogP contribution in [0.3, 0.4) is 0 Å². The van der Waals surface area contributed by atoms with Crippen LogP contribution in [0.15, 0.2) is 60.7 Å². The number of benzene rings is 3. The molecule has 0 fully saturated rings. The average Bonchev–Trinajstić information content (AvgIpc) is 2.67. The summed E-state index contributed by atoms with van der Waals surface area (Å²) in [7, 11) is 0. The maximum absolute atomic E-state index is 6.16. The van der Waals surface area contributed by atoms with Crippen LogP contribution in [-0.2, 0) is 12.8 Å². The molecular formula is C23H21NO. The van der Waals surface area contributed by atoms with Crippen LogP contribution in [0.1, 0.15) is 29.5 Å². The van der Waals surface area contributed by atoms with Gasteiger partial charge in [0.25, 0.3) is 0 Å². The Kier molecular flexibility index (Phi) is 3.30. The molecule has 0 saturated carbocycles. The highest BCUT2D eigenvalue weighted by Crippen LogP contribution is 2.51. The van der Waals surface area contributed by atoms with Gasteiger partial charge >= 0.3 is 0 Å². The second kappa shape index (κ2) is 5.66. The predicted octanol–water partition coefficient (Wildman–Crippen LogP) is 6.45. The number of aryl methyl sites for hydroxylation is 1. The zero-order valence-electron chi connectivity index (χ0n) is 14.5. The van der Waals surface area contributed by atoms with Crippen molar-refractivity contribution in [3.05, 3.63) is 77.4 Å². The summed E-state index contributed by atoms with van der Waals surface area (Å²) in [6, 6.07) is 21.2. The third-order valence-electron chi connectivity index (χ3n) is 5.42. The molecule has 0 unspecified atom stereocenters. The fourth-order valence-corrected chi connectivity index (χ4v) is 4.20. The Hall–Kier alpha value is -2.74. The zero-order chi connectivity index (χ0) is 16.8. The highest BCUT2D eigenvalue weighted by molar-refractivity contribution is 5.87. The van der Waals surface area contributed by atoms with Gasteiger partial charge in [-0.15, -0.1) is 0 Å². The molecule has 3 aromatic carbocycles. The van der Waals surface area contributed by atoms with E-state index in [4.69, 9.17) is 4.74 Å². The number of hydrogen-bond acceptors (Lipinski definition) is 2. The number of fused-ring (bicyclic) bond motifs is 3. The summed E-state index contributed by atoms with van der Waals surface area (Å²) < 4.78 is 6.16. The number of rotatable bonds is 1. The van der Waals surface area contributed by atoms with Crippen LogP contribution < -0.4 is 9.64 Å². The lowest BCUT2D eigenvalue weighted by Gasteiger charge is -2.35. The topological polar surface area (TPSA) is 12.5 Å². The second-order valence-corrected chi connectivity index (χ2v) is 6.94. The van der Waals surface area contributed by atoms with Crippen molar-refractivity contribution in [2.24, 2.45) is 0 Å². The predicted molar refractivity (Wildman–Crippen MR) is 103 cm³/mol. The van der Waals surface area contributed by atoms with E-state index in [2.05, 4.69) is 60.4 Å².